The maximum Gasteiger partial charge on any atom is 0.409 e. The molecule has 0 bridgehead atoms. The molecular weight excluding hydrogens is 264 g/mol. The monoisotopic (exact) mass is 288 g/mol. The Balaban J connectivity index is 2.65. The van der Waals surface area contributed by atoms with E-state index in [1.807, 2.05) is 0 Å². The molecule has 7 nitrogen and oxygen atoms in total. The summed E-state index contributed by atoms with van der Waals surface area (Å²) in [5.41, 5.74) is 0. The maximum absolute atomic E-state index is 11.8. The first-order valence-corrected chi connectivity index (χ1v) is 7.00. The Labute approximate surface area is 119 Å². The van der Waals surface area contributed by atoms with Crippen LogP contribution in [-0.4, -0.2) is 60.6 Å². The molecule has 0 aromatic heterocycles. The van der Waals surface area contributed by atoms with Gasteiger partial charge in [0.15, 0.2) is 0 Å². The van der Waals surface area contributed by atoms with Gasteiger partial charge in [0.2, 0.25) is 0 Å². The SMILES string of the molecule is CCOC(=O)NC1CC(C(C)O)CN(C(=O)OCC)C1. The van der Waals surface area contributed by atoms with E-state index in [-0.39, 0.29) is 12.0 Å². The highest BCUT2D eigenvalue weighted by Crippen LogP contribution is 2.21. The van der Waals surface area contributed by atoms with Crippen molar-refractivity contribution in [3.8, 4) is 0 Å². The van der Waals surface area contributed by atoms with Crippen molar-refractivity contribution in [2.45, 2.75) is 39.3 Å². The zero-order chi connectivity index (χ0) is 15.1. The van der Waals surface area contributed by atoms with E-state index in [0.29, 0.717) is 32.7 Å². The predicted octanol–water partition coefficient (Wildman–Crippen LogP) is 0.960. The van der Waals surface area contributed by atoms with Crippen LogP contribution >= 0.6 is 0 Å². The number of aliphatic hydroxyl groups excluding tert-OH is 1. The Kier molecular flexibility index (Phi) is 6.57. The molecule has 0 aliphatic carbocycles. The summed E-state index contributed by atoms with van der Waals surface area (Å²) in [5.74, 6) is -0.0971. The fourth-order valence-corrected chi connectivity index (χ4v) is 2.30. The van der Waals surface area contributed by atoms with Crippen LogP contribution in [0.3, 0.4) is 0 Å². The first kappa shape index (κ1) is 16.6. The number of aliphatic hydroxyl groups is 1. The van der Waals surface area contributed by atoms with Crippen molar-refractivity contribution in [1.82, 2.24) is 10.2 Å². The smallest absolute Gasteiger partial charge is 0.409 e. The van der Waals surface area contributed by atoms with E-state index in [4.69, 9.17) is 9.47 Å². The molecule has 0 aromatic carbocycles. The predicted molar refractivity (Wildman–Crippen MR) is 72.3 cm³/mol. The Morgan fingerprint density at radius 1 is 1.30 bits per heavy atom. The molecule has 1 heterocycles. The molecule has 1 saturated heterocycles. The van der Waals surface area contributed by atoms with Crippen molar-refractivity contribution < 1.29 is 24.2 Å². The number of nitrogens with one attached hydrogen (secondary N) is 1. The topological polar surface area (TPSA) is 88.1 Å². The van der Waals surface area contributed by atoms with Crippen LogP contribution in [0.25, 0.3) is 0 Å². The van der Waals surface area contributed by atoms with Crippen molar-refractivity contribution in [2.75, 3.05) is 26.3 Å². The highest BCUT2D eigenvalue weighted by Gasteiger charge is 2.33. The van der Waals surface area contributed by atoms with E-state index in [0.717, 1.165) is 0 Å². The Morgan fingerprint density at radius 3 is 2.50 bits per heavy atom. The van der Waals surface area contributed by atoms with E-state index in [1.165, 1.54) is 4.90 Å². The number of alkyl carbamates (subject to hydrolysis) is 1. The second kappa shape index (κ2) is 7.94. The van der Waals surface area contributed by atoms with Crippen molar-refractivity contribution >= 4 is 12.2 Å². The number of piperidine rings is 1. The van der Waals surface area contributed by atoms with Crippen LogP contribution in [0.1, 0.15) is 27.2 Å². The van der Waals surface area contributed by atoms with E-state index in [2.05, 4.69) is 5.32 Å². The first-order chi connectivity index (χ1) is 9.47. The van der Waals surface area contributed by atoms with Gasteiger partial charge >= 0.3 is 12.2 Å². The lowest BCUT2D eigenvalue weighted by Gasteiger charge is -2.38. The van der Waals surface area contributed by atoms with Crippen LogP contribution in [0.5, 0.6) is 0 Å². The summed E-state index contributed by atoms with van der Waals surface area (Å²) in [7, 11) is 0. The zero-order valence-electron chi connectivity index (χ0n) is 12.3. The van der Waals surface area contributed by atoms with E-state index >= 15 is 0 Å². The van der Waals surface area contributed by atoms with Crippen LogP contribution in [0.15, 0.2) is 0 Å². The Morgan fingerprint density at radius 2 is 1.95 bits per heavy atom. The van der Waals surface area contributed by atoms with E-state index in [9.17, 15) is 14.7 Å². The molecule has 1 aliphatic rings. The molecule has 3 unspecified atom stereocenters. The van der Waals surface area contributed by atoms with Gasteiger partial charge in [-0.1, -0.05) is 0 Å². The van der Waals surface area contributed by atoms with Crippen molar-refractivity contribution in [3.05, 3.63) is 0 Å². The number of carbonyl (C=O) groups is 2. The molecule has 1 aliphatic heterocycles. The normalized spacial score (nSPS) is 23.9. The molecule has 0 spiro atoms. The highest BCUT2D eigenvalue weighted by molar-refractivity contribution is 5.69. The van der Waals surface area contributed by atoms with Gasteiger partial charge in [-0.15, -0.1) is 0 Å². The van der Waals surface area contributed by atoms with Crippen molar-refractivity contribution in [3.63, 3.8) is 0 Å². The van der Waals surface area contributed by atoms with Gasteiger partial charge in [0.05, 0.1) is 25.4 Å². The number of rotatable bonds is 4. The number of amides is 2. The lowest BCUT2D eigenvalue weighted by molar-refractivity contribution is 0.0366. The average Bonchev–Trinajstić information content (AvgIpc) is 2.38. The molecule has 0 saturated carbocycles. The second-order valence-corrected chi connectivity index (χ2v) is 4.90. The summed E-state index contributed by atoms with van der Waals surface area (Å²) >= 11 is 0. The van der Waals surface area contributed by atoms with Crippen LogP contribution in [-0.2, 0) is 9.47 Å². The van der Waals surface area contributed by atoms with Gasteiger partial charge in [-0.3, -0.25) is 0 Å². The molecule has 3 atom stereocenters. The summed E-state index contributed by atoms with van der Waals surface area (Å²) in [5, 5.41) is 12.4. The molecule has 7 heteroatoms. The molecule has 1 fully saturated rings. The third-order valence-corrected chi connectivity index (χ3v) is 3.29. The van der Waals surface area contributed by atoms with Gasteiger partial charge < -0.3 is 24.8 Å². The van der Waals surface area contributed by atoms with Gasteiger partial charge in [-0.2, -0.15) is 0 Å². The van der Waals surface area contributed by atoms with Gasteiger partial charge in [0, 0.05) is 19.0 Å². The largest absolute Gasteiger partial charge is 0.450 e. The van der Waals surface area contributed by atoms with Gasteiger partial charge in [-0.05, 0) is 27.2 Å². The lowest BCUT2D eigenvalue weighted by Crippen LogP contribution is -2.54. The molecule has 20 heavy (non-hydrogen) atoms. The van der Waals surface area contributed by atoms with Gasteiger partial charge in [0.1, 0.15) is 0 Å². The maximum atomic E-state index is 11.8. The summed E-state index contributed by atoms with van der Waals surface area (Å²) < 4.78 is 9.81. The fourth-order valence-electron chi connectivity index (χ4n) is 2.30. The van der Waals surface area contributed by atoms with Crippen molar-refractivity contribution in [1.29, 1.82) is 0 Å². The van der Waals surface area contributed by atoms with Crippen molar-refractivity contribution in [2.24, 2.45) is 5.92 Å². The average molecular weight is 288 g/mol. The standard InChI is InChI=1S/C13H24N2O5/c1-4-19-12(17)14-11-6-10(9(3)16)7-15(8-11)13(18)20-5-2/h9-11,16H,4-8H2,1-3H3,(H,14,17). The lowest BCUT2D eigenvalue weighted by atomic mass is 9.90. The summed E-state index contributed by atoms with van der Waals surface area (Å²) in [6.45, 7) is 6.52. The van der Waals surface area contributed by atoms with Crippen LogP contribution in [0.2, 0.25) is 0 Å². The Hall–Kier alpha value is -1.50. The Bertz CT molecular complexity index is 335. The molecule has 0 radical (unpaired) electrons. The first-order valence-electron chi connectivity index (χ1n) is 7.00. The summed E-state index contributed by atoms with van der Waals surface area (Å²) in [6, 6.07) is -0.244. The highest BCUT2D eigenvalue weighted by atomic mass is 16.6. The molecule has 2 N–H and O–H groups in total. The number of nitrogens with zero attached hydrogens (tertiary/aromatic N) is 1. The third-order valence-electron chi connectivity index (χ3n) is 3.29. The number of likely N-dealkylation sites (tertiary alicyclic amines) is 1. The molecule has 2 amide bonds. The molecule has 116 valence electrons. The molecular formula is C13H24N2O5. The third kappa shape index (κ3) is 4.88. The van der Waals surface area contributed by atoms with Gasteiger partial charge in [-0.25, -0.2) is 9.59 Å². The number of hydrogen-bond donors (Lipinski definition) is 2. The summed E-state index contributed by atoms with van der Waals surface area (Å²) in [4.78, 5) is 24.8. The number of hydrogen-bond acceptors (Lipinski definition) is 5. The minimum Gasteiger partial charge on any atom is -0.450 e. The molecule has 0 aromatic rings. The van der Waals surface area contributed by atoms with Crippen LogP contribution in [0, 0.1) is 5.92 Å². The minimum absolute atomic E-state index is 0.0971. The quantitative estimate of drug-likeness (QED) is 0.804. The van der Waals surface area contributed by atoms with Gasteiger partial charge in [0.25, 0.3) is 0 Å². The van der Waals surface area contributed by atoms with Crippen LogP contribution < -0.4 is 5.32 Å². The minimum atomic E-state index is -0.557. The van der Waals surface area contributed by atoms with E-state index < -0.39 is 18.3 Å². The number of ether oxygens (including phenoxy) is 2. The van der Waals surface area contributed by atoms with Crippen LogP contribution in [0.4, 0.5) is 9.59 Å². The number of carbonyl (C=O) groups excluding carboxylic acids is 2. The van der Waals surface area contributed by atoms with E-state index in [1.54, 1.807) is 20.8 Å². The fraction of sp³-hybridized carbons (Fsp3) is 0.846. The zero-order valence-corrected chi connectivity index (χ0v) is 12.3. The summed E-state index contributed by atoms with van der Waals surface area (Å²) in [6.07, 6.45) is -0.883. The second-order valence-electron chi connectivity index (χ2n) is 4.90. The molecule has 1 rings (SSSR count).